The normalized spacial score (nSPS) is 10.9. The average Bonchev–Trinajstić information content (AvgIpc) is 2.95. The van der Waals surface area contributed by atoms with Crippen molar-refractivity contribution < 1.29 is 4.92 Å². The molecule has 1 heterocycles. The van der Waals surface area contributed by atoms with Gasteiger partial charge in [-0.2, -0.15) is 0 Å². The second kappa shape index (κ2) is 6.33. The van der Waals surface area contributed by atoms with Crippen molar-refractivity contribution in [2.45, 2.75) is 6.54 Å². The maximum Gasteiger partial charge on any atom is 0.279 e. The molecule has 0 radical (unpaired) electrons. The van der Waals surface area contributed by atoms with Crippen LogP contribution in [0.4, 0.5) is 5.69 Å². The van der Waals surface area contributed by atoms with Crippen molar-refractivity contribution in [1.29, 1.82) is 0 Å². The van der Waals surface area contributed by atoms with Crippen LogP contribution in [-0.4, -0.2) is 14.3 Å². The van der Waals surface area contributed by atoms with E-state index < -0.39 is 4.92 Å². The van der Waals surface area contributed by atoms with Crippen molar-refractivity contribution in [1.82, 2.24) is 9.36 Å². The van der Waals surface area contributed by atoms with E-state index in [-0.39, 0.29) is 11.2 Å². The van der Waals surface area contributed by atoms with Crippen LogP contribution in [-0.2, 0) is 6.54 Å². The maximum atomic E-state index is 13.0. The third kappa shape index (κ3) is 2.67. The highest BCUT2D eigenvalue weighted by Crippen LogP contribution is 2.19. The number of nitro groups is 1. The Morgan fingerprint density at radius 3 is 2.19 bits per heavy atom. The molecule has 0 aliphatic heterocycles. The van der Waals surface area contributed by atoms with Gasteiger partial charge in [-0.25, -0.2) is 4.68 Å². The quantitative estimate of drug-likeness (QED) is 0.418. The third-order valence-electron chi connectivity index (χ3n) is 4.33. The van der Waals surface area contributed by atoms with Crippen LogP contribution in [0.5, 0.6) is 0 Å². The number of aromatic nitrogens is 2. The van der Waals surface area contributed by atoms with Crippen LogP contribution in [0, 0.1) is 10.1 Å². The van der Waals surface area contributed by atoms with Gasteiger partial charge in [0.1, 0.15) is 0 Å². The number of rotatable bonds is 4. The second-order valence-electron chi connectivity index (χ2n) is 5.95. The highest BCUT2D eigenvalue weighted by atomic mass is 16.6. The lowest BCUT2D eigenvalue weighted by Crippen LogP contribution is -2.21. The summed E-state index contributed by atoms with van der Waals surface area (Å²) < 4.78 is 3.47. The Kier molecular flexibility index (Phi) is 3.85. The van der Waals surface area contributed by atoms with E-state index in [2.05, 4.69) is 0 Å². The second-order valence-corrected chi connectivity index (χ2v) is 5.95. The van der Waals surface area contributed by atoms with E-state index >= 15 is 0 Å². The lowest BCUT2D eigenvalue weighted by atomic mass is 10.2. The molecule has 0 N–H and O–H groups in total. The monoisotopic (exact) mass is 345 g/mol. The summed E-state index contributed by atoms with van der Waals surface area (Å²) in [5, 5.41) is 11.5. The molecule has 0 fully saturated rings. The Bertz CT molecular complexity index is 1140. The molecule has 0 unspecified atom stereocenters. The third-order valence-corrected chi connectivity index (χ3v) is 4.33. The molecule has 1 aromatic heterocycles. The number of non-ortho nitro benzene ring substituents is 1. The molecular formula is C20H15N3O3. The fraction of sp³-hybridized carbons (Fsp3) is 0.0500. The summed E-state index contributed by atoms with van der Waals surface area (Å²) in [6.45, 7) is 0.514. The fourth-order valence-electron chi connectivity index (χ4n) is 3.10. The lowest BCUT2D eigenvalue weighted by Gasteiger charge is -2.13. The molecule has 0 aliphatic rings. The van der Waals surface area contributed by atoms with Gasteiger partial charge in [-0.1, -0.05) is 42.5 Å². The van der Waals surface area contributed by atoms with Crippen LogP contribution in [0.2, 0.25) is 0 Å². The van der Waals surface area contributed by atoms with Crippen molar-refractivity contribution in [2.24, 2.45) is 0 Å². The van der Waals surface area contributed by atoms with E-state index in [0.717, 1.165) is 11.1 Å². The fourth-order valence-corrected chi connectivity index (χ4v) is 3.10. The van der Waals surface area contributed by atoms with Crippen LogP contribution in [0.1, 0.15) is 5.56 Å². The highest BCUT2D eigenvalue weighted by molar-refractivity contribution is 5.79. The number of hydrogen-bond donors (Lipinski definition) is 0. The van der Waals surface area contributed by atoms with Crippen molar-refractivity contribution in [3.8, 4) is 5.69 Å². The molecule has 0 aliphatic carbocycles. The number of nitro benzene ring substituents is 1. The molecule has 4 aromatic rings. The van der Waals surface area contributed by atoms with Gasteiger partial charge in [0.2, 0.25) is 0 Å². The Hall–Kier alpha value is -3.67. The van der Waals surface area contributed by atoms with Gasteiger partial charge in [0, 0.05) is 12.1 Å². The predicted molar refractivity (Wildman–Crippen MR) is 99.7 cm³/mol. The molecule has 26 heavy (non-hydrogen) atoms. The zero-order chi connectivity index (χ0) is 18.1. The van der Waals surface area contributed by atoms with Gasteiger partial charge in [0.15, 0.2) is 0 Å². The first kappa shape index (κ1) is 15.8. The van der Waals surface area contributed by atoms with Gasteiger partial charge in [0.05, 0.1) is 28.1 Å². The summed E-state index contributed by atoms with van der Waals surface area (Å²) in [5.41, 5.74) is 2.31. The van der Waals surface area contributed by atoms with Crippen molar-refractivity contribution in [3.63, 3.8) is 0 Å². The maximum absolute atomic E-state index is 13.0. The average molecular weight is 345 g/mol. The highest BCUT2D eigenvalue weighted by Gasteiger charge is 2.15. The van der Waals surface area contributed by atoms with Crippen LogP contribution in [0.15, 0.2) is 83.7 Å². The summed E-state index contributed by atoms with van der Waals surface area (Å²) >= 11 is 0. The van der Waals surface area contributed by atoms with Crippen LogP contribution >= 0.6 is 0 Å². The zero-order valence-electron chi connectivity index (χ0n) is 13.8. The Morgan fingerprint density at radius 1 is 0.846 bits per heavy atom. The minimum Gasteiger partial charge on any atom is -0.273 e. The van der Waals surface area contributed by atoms with E-state index in [1.807, 2.05) is 53.2 Å². The van der Waals surface area contributed by atoms with Crippen molar-refractivity contribution >= 4 is 16.6 Å². The van der Waals surface area contributed by atoms with Gasteiger partial charge in [-0.05, 0) is 29.8 Å². The molecular weight excluding hydrogens is 330 g/mol. The van der Waals surface area contributed by atoms with E-state index in [9.17, 15) is 14.9 Å². The minimum absolute atomic E-state index is 0.00693. The molecule has 0 saturated heterocycles. The molecule has 0 amide bonds. The van der Waals surface area contributed by atoms with E-state index in [0.29, 0.717) is 17.6 Å². The predicted octanol–water partition coefficient (Wildman–Crippen LogP) is 3.75. The minimum atomic E-state index is -0.452. The van der Waals surface area contributed by atoms with Crippen molar-refractivity contribution in [3.05, 3.63) is 105 Å². The largest absolute Gasteiger partial charge is 0.279 e. The number of benzene rings is 3. The SMILES string of the molecule is O=c1c2ccccc2n(Cc2ccccc2)n1-c1ccc([N+](=O)[O-])cc1. The molecule has 6 heteroatoms. The zero-order valence-corrected chi connectivity index (χ0v) is 13.8. The van der Waals surface area contributed by atoms with E-state index in [4.69, 9.17) is 0 Å². The molecule has 3 aromatic carbocycles. The smallest absolute Gasteiger partial charge is 0.273 e. The van der Waals surface area contributed by atoms with Gasteiger partial charge < -0.3 is 0 Å². The van der Waals surface area contributed by atoms with Gasteiger partial charge in [-0.3, -0.25) is 19.6 Å². The number of para-hydroxylation sites is 1. The Labute approximate surface area is 148 Å². The van der Waals surface area contributed by atoms with E-state index in [1.54, 1.807) is 22.9 Å². The Balaban J connectivity index is 1.93. The first-order chi connectivity index (χ1) is 12.6. The van der Waals surface area contributed by atoms with Gasteiger partial charge in [0.25, 0.3) is 11.2 Å². The summed E-state index contributed by atoms with van der Waals surface area (Å²) in [5.74, 6) is 0. The molecule has 6 nitrogen and oxygen atoms in total. The van der Waals surface area contributed by atoms with Gasteiger partial charge >= 0.3 is 0 Å². The number of fused-ring (bicyclic) bond motifs is 1. The summed E-state index contributed by atoms with van der Waals surface area (Å²) in [6.07, 6.45) is 0. The molecule has 4 rings (SSSR count). The van der Waals surface area contributed by atoms with Crippen LogP contribution in [0.3, 0.4) is 0 Å². The first-order valence-corrected chi connectivity index (χ1v) is 8.14. The summed E-state index contributed by atoms with van der Waals surface area (Å²) in [6, 6.07) is 23.3. The summed E-state index contributed by atoms with van der Waals surface area (Å²) in [7, 11) is 0. The molecule has 0 atom stereocenters. The molecule has 128 valence electrons. The molecule has 0 spiro atoms. The topological polar surface area (TPSA) is 70.1 Å². The van der Waals surface area contributed by atoms with E-state index in [1.165, 1.54) is 12.1 Å². The van der Waals surface area contributed by atoms with Crippen molar-refractivity contribution in [2.75, 3.05) is 0 Å². The number of nitrogens with zero attached hydrogens (tertiary/aromatic N) is 3. The first-order valence-electron chi connectivity index (χ1n) is 8.14. The summed E-state index contributed by atoms with van der Waals surface area (Å²) in [4.78, 5) is 23.4. The Morgan fingerprint density at radius 2 is 1.50 bits per heavy atom. The molecule has 0 bridgehead atoms. The van der Waals surface area contributed by atoms with Crippen LogP contribution in [0.25, 0.3) is 16.6 Å². The standard InChI is InChI=1S/C20H15N3O3/c24-20-18-8-4-5-9-19(18)21(14-15-6-2-1-3-7-15)22(20)16-10-12-17(13-11-16)23(25)26/h1-13H,14H2. The van der Waals surface area contributed by atoms with Gasteiger partial charge in [-0.15, -0.1) is 0 Å². The lowest BCUT2D eigenvalue weighted by molar-refractivity contribution is -0.384. The number of hydrogen-bond acceptors (Lipinski definition) is 3. The molecule has 0 saturated carbocycles. The van der Waals surface area contributed by atoms with Crippen LogP contribution < -0.4 is 5.56 Å².